The predicted octanol–water partition coefficient (Wildman–Crippen LogP) is 2.88. The molecule has 0 heterocycles. The number of carbonyl (C=O) groups excluding carboxylic acids is 1. The summed E-state index contributed by atoms with van der Waals surface area (Å²) >= 11 is 0. The van der Waals surface area contributed by atoms with E-state index in [0.717, 1.165) is 14.2 Å². The van der Waals surface area contributed by atoms with Crippen LogP contribution in [0.4, 0.5) is 5.69 Å². The topological polar surface area (TPSA) is 113 Å². The Hall–Kier alpha value is -3.41. The summed E-state index contributed by atoms with van der Waals surface area (Å²) in [5.41, 5.74) is 1.39. The lowest BCUT2D eigenvalue weighted by atomic mass is 10.1. The second kappa shape index (κ2) is 11.1. The first-order chi connectivity index (χ1) is 16.9. The van der Waals surface area contributed by atoms with Gasteiger partial charge in [0.1, 0.15) is 12.4 Å². The molecule has 9 nitrogen and oxygen atoms in total. The number of aryl methyl sites for hydroxylation is 1. The monoisotopic (exact) mass is 531 g/mol. The van der Waals surface area contributed by atoms with Crippen LogP contribution in [0.15, 0.2) is 82.6 Å². The number of hydrogen-bond acceptors (Lipinski definition) is 6. The van der Waals surface area contributed by atoms with Crippen LogP contribution in [0.1, 0.15) is 15.9 Å². The van der Waals surface area contributed by atoms with Crippen molar-refractivity contribution < 1.29 is 26.4 Å². The van der Waals surface area contributed by atoms with Gasteiger partial charge in [0.15, 0.2) is 0 Å². The molecule has 1 N–H and O–H groups in total. The molecule has 36 heavy (non-hydrogen) atoms. The van der Waals surface area contributed by atoms with Crippen molar-refractivity contribution in [2.24, 2.45) is 0 Å². The number of anilines is 1. The predicted molar refractivity (Wildman–Crippen MR) is 138 cm³/mol. The summed E-state index contributed by atoms with van der Waals surface area (Å²) in [6.07, 6.45) is 0. The number of rotatable bonds is 10. The van der Waals surface area contributed by atoms with Crippen molar-refractivity contribution in [3.8, 4) is 5.75 Å². The van der Waals surface area contributed by atoms with Gasteiger partial charge in [0, 0.05) is 21.1 Å². The van der Waals surface area contributed by atoms with E-state index < -0.39 is 26.0 Å². The highest BCUT2D eigenvalue weighted by Gasteiger charge is 2.25. The SMILES string of the molecule is Cc1ccc(S(=O)(=O)N(C)c2ccccc2C(=O)NCCOc2ccc(S(=O)(=O)N(C)C)cc2)cc1. The summed E-state index contributed by atoms with van der Waals surface area (Å²) in [5.74, 6) is -0.00106. The van der Waals surface area contributed by atoms with Gasteiger partial charge in [-0.3, -0.25) is 9.10 Å². The molecule has 1 amide bonds. The third-order valence-corrected chi connectivity index (χ3v) is 9.04. The summed E-state index contributed by atoms with van der Waals surface area (Å²) < 4.78 is 58.3. The lowest BCUT2D eigenvalue weighted by Gasteiger charge is -2.22. The van der Waals surface area contributed by atoms with E-state index in [1.54, 1.807) is 48.5 Å². The highest BCUT2D eigenvalue weighted by atomic mass is 32.2. The van der Waals surface area contributed by atoms with Crippen LogP contribution in [-0.4, -0.2) is 61.3 Å². The van der Waals surface area contributed by atoms with Crippen LogP contribution in [0.5, 0.6) is 5.75 Å². The summed E-state index contributed by atoms with van der Waals surface area (Å²) in [6.45, 7) is 2.15. The molecule has 0 saturated heterocycles. The largest absolute Gasteiger partial charge is 0.492 e. The van der Waals surface area contributed by atoms with Crippen LogP contribution in [0.25, 0.3) is 0 Å². The summed E-state index contributed by atoms with van der Waals surface area (Å²) in [7, 11) is -3.07. The number of ether oxygens (including phenoxy) is 1. The average molecular weight is 532 g/mol. The molecule has 0 aliphatic heterocycles. The number of nitrogens with one attached hydrogen (secondary N) is 1. The first kappa shape index (κ1) is 27.2. The maximum absolute atomic E-state index is 13.1. The fourth-order valence-corrected chi connectivity index (χ4v) is 5.40. The molecular weight excluding hydrogens is 502 g/mol. The zero-order chi connectivity index (χ0) is 26.5. The molecule has 0 aliphatic rings. The first-order valence-corrected chi connectivity index (χ1v) is 13.9. The van der Waals surface area contributed by atoms with Crippen molar-refractivity contribution in [1.29, 1.82) is 0 Å². The lowest BCUT2D eigenvalue weighted by molar-refractivity contribution is 0.0947. The van der Waals surface area contributed by atoms with Gasteiger partial charge < -0.3 is 10.1 Å². The fourth-order valence-electron chi connectivity index (χ4n) is 3.29. The van der Waals surface area contributed by atoms with Crippen molar-refractivity contribution in [3.05, 3.63) is 83.9 Å². The fraction of sp³-hybridized carbons (Fsp3) is 0.240. The minimum Gasteiger partial charge on any atom is -0.492 e. The molecule has 0 saturated carbocycles. The van der Waals surface area contributed by atoms with E-state index in [9.17, 15) is 21.6 Å². The van der Waals surface area contributed by atoms with Crippen molar-refractivity contribution >= 4 is 31.6 Å². The lowest BCUT2D eigenvalue weighted by Crippen LogP contribution is -2.32. The van der Waals surface area contributed by atoms with Crippen molar-refractivity contribution in [2.75, 3.05) is 38.6 Å². The molecule has 3 aromatic rings. The third-order valence-electron chi connectivity index (χ3n) is 5.43. The molecule has 11 heteroatoms. The Morgan fingerprint density at radius 1 is 0.806 bits per heavy atom. The van der Waals surface area contributed by atoms with Gasteiger partial charge in [0.05, 0.1) is 27.6 Å². The highest BCUT2D eigenvalue weighted by molar-refractivity contribution is 7.92. The number of sulfonamides is 2. The molecule has 0 radical (unpaired) electrons. The second-order valence-electron chi connectivity index (χ2n) is 8.17. The molecule has 0 aliphatic carbocycles. The van der Waals surface area contributed by atoms with Gasteiger partial charge in [-0.1, -0.05) is 29.8 Å². The minimum atomic E-state index is -3.86. The van der Waals surface area contributed by atoms with Crippen LogP contribution in [0.3, 0.4) is 0 Å². The number of amides is 1. The number of benzene rings is 3. The van der Waals surface area contributed by atoms with Crippen LogP contribution in [0, 0.1) is 6.92 Å². The number of nitrogens with zero attached hydrogens (tertiary/aromatic N) is 2. The number of para-hydroxylation sites is 1. The van der Waals surface area contributed by atoms with E-state index in [1.165, 1.54) is 45.4 Å². The average Bonchev–Trinajstić information content (AvgIpc) is 2.86. The van der Waals surface area contributed by atoms with E-state index in [-0.39, 0.29) is 34.2 Å². The molecule has 0 unspecified atom stereocenters. The molecule has 3 rings (SSSR count). The molecular formula is C25H29N3O6S2. The molecule has 192 valence electrons. The standard InChI is InChI=1S/C25H29N3O6S2/c1-19-9-13-22(14-10-19)36(32,33)28(4)24-8-6-5-7-23(24)25(29)26-17-18-34-20-11-15-21(16-12-20)35(30,31)27(2)3/h5-16H,17-18H2,1-4H3,(H,26,29). The van der Waals surface area contributed by atoms with Crippen molar-refractivity contribution in [1.82, 2.24) is 9.62 Å². The molecule has 0 aromatic heterocycles. The van der Waals surface area contributed by atoms with Gasteiger partial charge in [-0.15, -0.1) is 0 Å². The molecule has 0 atom stereocenters. The van der Waals surface area contributed by atoms with E-state index in [0.29, 0.717) is 5.75 Å². The van der Waals surface area contributed by atoms with Gasteiger partial charge in [-0.05, 0) is 55.5 Å². The van der Waals surface area contributed by atoms with E-state index in [4.69, 9.17) is 4.74 Å². The summed E-state index contributed by atoms with van der Waals surface area (Å²) in [6, 6.07) is 18.9. The Bertz CT molecular complexity index is 1420. The number of carbonyl (C=O) groups is 1. The van der Waals surface area contributed by atoms with Crippen LogP contribution in [-0.2, 0) is 20.0 Å². The molecule has 3 aromatic carbocycles. The Balaban J connectivity index is 1.64. The van der Waals surface area contributed by atoms with Gasteiger partial charge in [0.25, 0.3) is 15.9 Å². The van der Waals surface area contributed by atoms with Gasteiger partial charge in [-0.2, -0.15) is 0 Å². The van der Waals surface area contributed by atoms with Gasteiger partial charge in [0.2, 0.25) is 10.0 Å². The van der Waals surface area contributed by atoms with Gasteiger partial charge >= 0.3 is 0 Å². The Morgan fingerprint density at radius 2 is 1.36 bits per heavy atom. The smallest absolute Gasteiger partial charge is 0.264 e. The third kappa shape index (κ3) is 6.04. The van der Waals surface area contributed by atoms with Crippen LogP contribution in [0.2, 0.25) is 0 Å². The quantitative estimate of drug-likeness (QED) is 0.403. The zero-order valence-corrected chi connectivity index (χ0v) is 22.1. The summed E-state index contributed by atoms with van der Waals surface area (Å²) in [4.78, 5) is 13.1. The van der Waals surface area contributed by atoms with E-state index >= 15 is 0 Å². The minimum absolute atomic E-state index is 0.128. The molecule has 0 spiro atoms. The zero-order valence-electron chi connectivity index (χ0n) is 20.5. The normalized spacial score (nSPS) is 11.8. The van der Waals surface area contributed by atoms with Crippen LogP contribution >= 0.6 is 0 Å². The van der Waals surface area contributed by atoms with Gasteiger partial charge in [-0.25, -0.2) is 21.1 Å². The Morgan fingerprint density at radius 3 is 1.97 bits per heavy atom. The van der Waals surface area contributed by atoms with E-state index in [2.05, 4.69) is 5.32 Å². The molecule has 0 fully saturated rings. The number of hydrogen-bond donors (Lipinski definition) is 1. The second-order valence-corrected chi connectivity index (χ2v) is 12.3. The highest BCUT2D eigenvalue weighted by Crippen LogP contribution is 2.26. The van der Waals surface area contributed by atoms with Crippen molar-refractivity contribution in [2.45, 2.75) is 16.7 Å². The Labute approximate surface area is 212 Å². The Kier molecular flexibility index (Phi) is 8.39. The van der Waals surface area contributed by atoms with Crippen molar-refractivity contribution in [3.63, 3.8) is 0 Å². The first-order valence-electron chi connectivity index (χ1n) is 11.0. The maximum atomic E-state index is 13.1. The maximum Gasteiger partial charge on any atom is 0.264 e. The summed E-state index contributed by atoms with van der Waals surface area (Å²) in [5, 5.41) is 2.73. The van der Waals surface area contributed by atoms with E-state index in [1.807, 2.05) is 6.92 Å². The van der Waals surface area contributed by atoms with Crippen LogP contribution < -0.4 is 14.4 Å². The molecule has 0 bridgehead atoms.